The van der Waals surface area contributed by atoms with E-state index >= 15 is 0 Å². The molecular formula is C20H30N2O2. The zero-order valence-corrected chi connectivity index (χ0v) is 15.6. The molecule has 0 saturated carbocycles. The summed E-state index contributed by atoms with van der Waals surface area (Å²) in [6.45, 7) is 11.6. The van der Waals surface area contributed by atoms with Crippen LogP contribution in [-0.2, 0) is 9.68 Å². The van der Waals surface area contributed by atoms with E-state index in [-0.39, 0.29) is 11.1 Å². The number of hydroxylamine groups is 2. The molecular weight excluding hydrogens is 300 g/mol. The van der Waals surface area contributed by atoms with Crippen LogP contribution < -0.4 is 0 Å². The third-order valence-corrected chi connectivity index (χ3v) is 5.20. The summed E-state index contributed by atoms with van der Waals surface area (Å²) in [5.74, 6) is 0. The summed E-state index contributed by atoms with van der Waals surface area (Å²) in [5, 5.41) is 6.51. The second kappa shape index (κ2) is 6.16. The minimum atomic E-state index is -0.408. The van der Waals surface area contributed by atoms with Gasteiger partial charge in [-0.25, -0.2) is 0 Å². The molecule has 24 heavy (non-hydrogen) atoms. The first-order valence-corrected chi connectivity index (χ1v) is 8.96. The molecule has 1 aromatic rings. The van der Waals surface area contributed by atoms with Crippen LogP contribution >= 0.6 is 0 Å². The van der Waals surface area contributed by atoms with Gasteiger partial charge in [-0.05, 0) is 59.4 Å². The van der Waals surface area contributed by atoms with Crippen molar-refractivity contribution in [2.45, 2.75) is 77.0 Å². The van der Waals surface area contributed by atoms with E-state index in [4.69, 9.17) is 9.68 Å². The molecule has 1 fully saturated rings. The lowest BCUT2D eigenvalue weighted by atomic mass is 9.82. The van der Waals surface area contributed by atoms with Crippen LogP contribution in [0.5, 0.6) is 0 Å². The number of benzene rings is 1. The molecule has 0 aliphatic carbocycles. The van der Waals surface area contributed by atoms with Crippen LogP contribution in [0, 0.1) is 0 Å². The Hall–Kier alpha value is -1.39. The Morgan fingerprint density at radius 3 is 2.29 bits per heavy atom. The molecule has 0 N–H and O–H groups in total. The molecule has 132 valence electrons. The van der Waals surface area contributed by atoms with Crippen molar-refractivity contribution in [3.8, 4) is 0 Å². The van der Waals surface area contributed by atoms with Crippen molar-refractivity contribution >= 4 is 5.71 Å². The maximum Gasteiger partial charge on any atom is 0.165 e. The van der Waals surface area contributed by atoms with E-state index in [0.29, 0.717) is 6.61 Å². The number of rotatable bonds is 4. The smallest absolute Gasteiger partial charge is 0.165 e. The van der Waals surface area contributed by atoms with E-state index in [2.05, 4.69) is 57.0 Å². The van der Waals surface area contributed by atoms with Crippen LogP contribution in [-0.4, -0.2) is 34.1 Å². The van der Waals surface area contributed by atoms with Crippen molar-refractivity contribution in [2.24, 2.45) is 5.16 Å². The maximum atomic E-state index is 6.32. The van der Waals surface area contributed by atoms with Crippen LogP contribution in [0.2, 0.25) is 0 Å². The van der Waals surface area contributed by atoms with Gasteiger partial charge in [0.1, 0.15) is 6.61 Å². The molecule has 2 heterocycles. The highest BCUT2D eigenvalue weighted by Crippen LogP contribution is 2.39. The zero-order chi connectivity index (χ0) is 17.4. The van der Waals surface area contributed by atoms with Gasteiger partial charge in [-0.1, -0.05) is 35.5 Å². The van der Waals surface area contributed by atoms with Crippen LogP contribution in [0.3, 0.4) is 0 Å². The van der Waals surface area contributed by atoms with Crippen molar-refractivity contribution in [3.63, 3.8) is 0 Å². The number of hydrogen-bond acceptors (Lipinski definition) is 4. The highest BCUT2D eigenvalue weighted by Gasteiger charge is 2.44. The van der Waals surface area contributed by atoms with E-state index in [1.807, 2.05) is 18.2 Å². The molecule has 1 saturated heterocycles. The molecule has 1 aromatic carbocycles. The Labute approximate surface area is 145 Å². The van der Waals surface area contributed by atoms with Gasteiger partial charge in [0, 0.05) is 17.5 Å². The Morgan fingerprint density at radius 1 is 1.04 bits per heavy atom. The van der Waals surface area contributed by atoms with Crippen molar-refractivity contribution in [3.05, 3.63) is 35.9 Å². The SMILES string of the molecule is CC1(CON2C(C)(C)CCCC2(C)C)CC(c2ccccc2)=NO1. The standard InChI is InChI=1S/C20H30N2O2/c1-18(2)12-9-13-19(3,4)22(18)23-15-20(5)14-17(21-24-20)16-10-7-6-8-11-16/h6-8,10-11H,9,12-15H2,1-5H3. The van der Waals surface area contributed by atoms with E-state index in [1.54, 1.807) is 0 Å². The van der Waals surface area contributed by atoms with E-state index < -0.39 is 5.60 Å². The molecule has 1 atom stereocenters. The van der Waals surface area contributed by atoms with Crippen molar-refractivity contribution < 1.29 is 9.68 Å². The molecule has 3 rings (SSSR count). The van der Waals surface area contributed by atoms with Crippen LogP contribution in [0.1, 0.15) is 65.9 Å². The van der Waals surface area contributed by atoms with Gasteiger partial charge >= 0.3 is 0 Å². The summed E-state index contributed by atoms with van der Waals surface area (Å²) in [5.41, 5.74) is 1.80. The summed E-state index contributed by atoms with van der Waals surface area (Å²) in [4.78, 5) is 12.1. The van der Waals surface area contributed by atoms with Crippen molar-refractivity contribution in [1.29, 1.82) is 0 Å². The molecule has 2 aliphatic heterocycles. The third-order valence-electron chi connectivity index (χ3n) is 5.20. The summed E-state index contributed by atoms with van der Waals surface area (Å²) in [6, 6.07) is 10.2. The Morgan fingerprint density at radius 2 is 1.67 bits per heavy atom. The molecule has 0 radical (unpaired) electrons. The fourth-order valence-corrected chi connectivity index (χ4v) is 3.97. The first-order chi connectivity index (χ1) is 11.2. The fourth-order valence-electron chi connectivity index (χ4n) is 3.97. The van der Waals surface area contributed by atoms with Gasteiger partial charge in [0.15, 0.2) is 5.60 Å². The summed E-state index contributed by atoms with van der Waals surface area (Å²) in [7, 11) is 0. The molecule has 0 bridgehead atoms. The minimum Gasteiger partial charge on any atom is -0.386 e. The second-order valence-electron chi connectivity index (χ2n) is 8.67. The summed E-state index contributed by atoms with van der Waals surface area (Å²) >= 11 is 0. The lowest BCUT2D eigenvalue weighted by Crippen LogP contribution is -2.59. The topological polar surface area (TPSA) is 34.1 Å². The summed E-state index contributed by atoms with van der Waals surface area (Å²) in [6.07, 6.45) is 4.32. The van der Waals surface area contributed by atoms with E-state index in [0.717, 1.165) is 30.5 Å². The predicted octanol–water partition coefficient (Wildman–Crippen LogP) is 4.54. The Kier molecular flexibility index (Phi) is 4.47. The molecule has 4 nitrogen and oxygen atoms in total. The van der Waals surface area contributed by atoms with Gasteiger partial charge in [0.05, 0.1) is 5.71 Å². The number of oxime groups is 1. The molecule has 0 spiro atoms. The average molecular weight is 330 g/mol. The van der Waals surface area contributed by atoms with Crippen LogP contribution in [0.15, 0.2) is 35.5 Å². The highest BCUT2D eigenvalue weighted by molar-refractivity contribution is 6.01. The van der Waals surface area contributed by atoms with E-state index in [9.17, 15) is 0 Å². The monoisotopic (exact) mass is 330 g/mol. The van der Waals surface area contributed by atoms with Crippen molar-refractivity contribution in [1.82, 2.24) is 5.06 Å². The molecule has 0 aromatic heterocycles. The number of piperidine rings is 1. The van der Waals surface area contributed by atoms with Crippen molar-refractivity contribution in [2.75, 3.05) is 6.61 Å². The third kappa shape index (κ3) is 3.50. The molecule has 2 aliphatic rings. The Bertz CT molecular complexity index is 593. The fraction of sp³-hybridized carbons (Fsp3) is 0.650. The maximum absolute atomic E-state index is 6.32. The molecule has 4 heteroatoms. The lowest BCUT2D eigenvalue weighted by molar-refractivity contribution is -0.299. The highest BCUT2D eigenvalue weighted by atomic mass is 16.7. The number of nitrogens with zero attached hydrogens (tertiary/aromatic N) is 2. The van der Waals surface area contributed by atoms with Gasteiger partial charge in [0.2, 0.25) is 0 Å². The van der Waals surface area contributed by atoms with Gasteiger partial charge in [-0.2, -0.15) is 5.06 Å². The first kappa shape index (κ1) is 17.4. The van der Waals surface area contributed by atoms with E-state index in [1.165, 1.54) is 6.42 Å². The van der Waals surface area contributed by atoms with Gasteiger partial charge in [0.25, 0.3) is 0 Å². The van der Waals surface area contributed by atoms with Gasteiger partial charge in [-0.15, -0.1) is 0 Å². The number of hydrogen-bond donors (Lipinski definition) is 0. The summed E-state index contributed by atoms with van der Waals surface area (Å²) < 4.78 is 0. The normalized spacial score (nSPS) is 29.1. The molecule has 1 unspecified atom stereocenters. The van der Waals surface area contributed by atoms with Crippen LogP contribution in [0.25, 0.3) is 0 Å². The Balaban J connectivity index is 1.65. The van der Waals surface area contributed by atoms with Gasteiger partial charge < -0.3 is 4.84 Å². The average Bonchev–Trinajstić information content (AvgIpc) is 2.89. The first-order valence-electron chi connectivity index (χ1n) is 8.96. The minimum absolute atomic E-state index is 0.0415. The van der Waals surface area contributed by atoms with Crippen LogP contribution in [0.4, 0.5) is 0 Å². The lowest BCUT2D eigenvalue weighted by Gasteiger charge is -2.51. The molecule has 0 amide bonds. The predicted molar refractivity (Wildman–Crippen MR) is 96.9 cm³/mol. The zero-order valence-electron chi connectivity index (χ0n) is 15.6. The van der Waals surface area contributed by atoms with Gasteiger partial charge in [-0.3, -0.25) is 4.84 Å². The second-order valence-corrected chi connectivity index (χ2v) is 8.67. The largest absolute Gasteiger partial charge is 0.386 e. The quantitative estimate of drug-likeness (QED) is 0.812.